The summed E-state index contributed by atoms with van der Waals surface area (Å²) >= 11 is 0. The summed E-state index contributed by atoms with van der Waals surface area (Å²) in [6, 6.07) is 15.2. The molecule has 3 rings (SSSR count). The van der Waals surface area contributed by atoms with Crippen molar-refractivity contribution >= 4 is 17.7 Å². The molecular formula is C18H16N4O. The quantitative estimate of drug-likeness (QED) is 0.737. The molecule has 1 aromatic carbocycles. The van der Waals surface area contributed by atoms with E-state index in [0.29, 0.717) is 6.54 Å². The van der Waals surface area contributed by atoms with Crippen LogP contribution in [0.1, 0.15) is 11.3 Å². The van der Waals surface area contributed by atoms with E-state index in [1.807, 2.05) is 59.4 Å². The number of benzene rings is 1. The smallest absolute Gasteiger partial charge is 0.248 e. The molecule has 114 valence electrons. The van der Waals surface area contributed by atoms with E-state index >= 15 is 0 Å². The predicted molar refractivity (Wildman–Crippen MR) is 89.7 cm³/mol. The molecule has 1 amide bonds. The van der Waals surface area contributed by atoms with Gasteiger partial charge in [0.05, 0.1) is 12.2 Å². The fourth-order valence-corrected chi connectivity index (χ4v) is 2.15. The van der Waals surface area contributed by atoms with Crippen LogP contribution in [0.25, 0.3) is 6.08 Å². The lowest BCUT2D eigenvalue weighted by atomic mass is 10.2. The first kappa shape index (κ1) is 14.7. The Morgan fingerprint density at radius 2 is 2.09 bits per heavy atom. The van der Waals surface area contributed by atoms with Gasteiger partial charge in [-0.2, -0.15) is 5.10 Å². The lowest BCUT2D eigenvalue weighted by molar-refractivity contribution is -0.111. The summed E-state index contributed by atoms with van der Waals surface area (Å²) in [6.07, 6.45) is 8.50. The Labute approximate surface area is 134 Å². The number of nitrogens with one attached hydrogen (secondary N) is 1. The van der Waals surface area contributed by atoms with Gasteiger partial charge in [0, 0.05) is 30.4 Å². The second-order valence-electron chi connectivity index (χ2n) is 4.98. The zero-order chi connectivity index (χ0) is 15.9. The van der Waals surface area contributed by atoms with E-state index in [2.05, 4.69) is 15.4 Å². The molecule has 3 aromatic rings. The minimum atomic E-state index is -0.188. The van der Waals surface area contributed by atoms with E-state index in [0.717, 1.165) is 16.9 Å². The summed E-state index contributed by atoms with van der Waals surface area (Å²) < 4.78 is 1.84. The Morgan fingerprint density at radius 1 is 1.13 bits per heavy atom. The molecule has 0 saturated heterocycles. The summed E-state index contributed by atoms with van der Waals surface area (Å²) in [7, 11) is 0. The molecule has 0 aliphatic carbocycles. The number of rotatable bonds is 5. The molecule has 0 radical (unpaired) electrons. The van der Waals surface area contributed by atoms with Crippen molar-refractivity contribution in [2.45, 2.75) is 6.54 Å². The van der Waals surface area contributed by atoms with Crippen molar-refractivity contribution in [2.75, 3.05) is 5.32 Å². The average molecular weight is 304 g/mol. The molecule has 0 fully saturated rings. The standard InChI is InChI=1S/C18H16N4O/c23-18(9-8-16-6-1-2-10-19-16)21-17-7-3-5-15(13-17)14-22-12-4-11-20-22/h1-13H,14H2,(H,21,23)/b9-8+. The van der Waals surface area contributed by atoms with Gasteiger partial charge in [-0.1, -0.05) is 18.2 Å². The molecule has 5 nitrogen and oxygen atoms in total. The van der Waals surface area contributed by atoms with E-state index in [4.69, 9.17) is 0 Å². The molecular weight excluding hydrogens is 288 g/mol. The highest BCUT2D eigenvalue weighted by molar-refractivity contribution is 6.01. The molecule has 0 bridgehead atoms. The molecule has 0 spiro atoms. The molecule has 0 atom stereocenters. The molecule has 5 heteroatoms. The summed E-state index contributed by atoms with van der Waals surface area (Å²) in [4.78, 5) is 16.1. The third kappa shape index (κ3) is 4.38. The number of aromatic nitrogens is 3. The highest BCUT2D eigenvalue weighted by Crippen LogP contribution is 2.12. The van der Waals surface area contributed by atoms with Crippen LogP contribution in [0.2, 0.25) is 0 Å². The van der Waals surface area contributed by atoms with Crippen LogP contribution < -0.4 is 5.32 Å². The van der Waals surface area contributed by atoms with E-state index in [1.165, 1.54) is 6.08 Å². The van der Waals surface area contributed by atoms with E-state index in [9.17, 15) is 4.79 Å². The zero-order valence-corrected chi connectivity index (χ0v) is 12.5. The SMILES string of the molecule is O=C(/C=C/c1ccccn1)Nc1cccc(Cn2cccn2)c1. The fraction of sp³-hybridized carbons (Fsp3) is 0.0556. The summed E-state index contributed by atoms with van der Waals surface area (Å²) in [6.45, 7) is 0.667. The number of hydrogen-bond acceptors (Lipinski definition) is 3. The molecule has 2 aromatic heterocycles. The molecule has 0 aliphatic heterocycles. The largest absolute Gasteiger partial charge is 0.323 e. The van der Waals surface area contributed by atoms with Gasteiger partial charge in [0.1, 0.15) is 0 Å². The Balaban J connectivity index is 1.63. The Morgan fingerprint density at radius 3 is 2.87 bits per heavy atom. The zero-order valence-electron chi connectivity index (χ0n) is 12.5. The number of anilines is 1. The van der Waals surface area contributed by atoms with E-state index in [-0.39, 0.29) is 5.91 Å². The monoisotopic (exact) mass is 304 g/mol. The van der Waals surface area contributed by atoms with Crippen LogP contribution in [0, 0.1) is 0 Å². The molecule has 0 unspecified atom stereocenters. The number of hydrogen-bond donors (Lipinski definition) is 1. The van der Waals surface area contributed by atoms with Crippen molar-refractivity contribution in [3.05, 3.63) is 84.5 Å². The minimum absolute atomic E-state index is 0.188. The topological polar surface area (TPSA) is 59.8 Å². The minimum Gasteiger partial charge on any atom is -0.323 e. The normalized spacial score (nSPS) is 10.8. The van der Waals surface area contributed by atoms with Gasteiger partial charge in [-0.05, 0) is 42.0 Å². The highest BCUT2D eigenvalue weighted by Gasteiger charge is 2.01. The van der Waals surface area contributed by atoms with Crippen LogP contribution in [0.15, 0.2) is 73.2 Å². The van der Waals surface area contributed by atoms with Crippen LogP contribution in [0.5, 0.6) is 0 Å². The predicted octanol–water partition coefficient (Wildman–Crippen LogP) is 2.98. The average Bonchev–Trinajstić information content (AvgIpc) is 3.07. The Hall–Kier alpha value is -3.21. The summed E-state index contributed by atoms with van der Waals surface area (Å²) in [5.74, 6) is -0.188. The Kier molecular flexibility index (Phi) is 4.59. The first-order chi connectivity index (χ1) is 11.3. The van der Waals surface area contributed by atoms with Crippen LogP contribution in [0.3, 0.4) is 0 Å². The fourth-order valence-electron chi connectivity index (χ4n) is 2.15. The van der Waals surface area contributed by atoms with Gasteiger partial charge in [0.15, 0.2) is 0 Å². The van der Waals surface area contributed by atoms with Crippen LogP contribution in [-0.4, -0.2) is 20.7 Å². The number of pyridine rings is 1. The Bertz CT molecular complexity index is 795. The van der Waals surface area contributed by atoms with Crippen molar-refractivity contribution in [1.29, 1.82) is 0 Å². The van der Waals surface area contributed by atoms with Gasteiger partial charge in [0.25, 0.3) is 0 Å². The van der Waals surface area contributed by atoms with Gasteiger partial charge < -0.3 is 5.32 Å². The highest BCUT2D eigenvalue weighted by atomic mass is 16.1. The first-order valence-electron chi connectivity index (χ1n) is 7.26. The van der Waals surface area contributed by atoms with Crippen LogP contribution in [-0.2, 0) is 11.3 Å². The van der Waals surface area contributed by atoms with E-state index in [1.54, 1.807) is 18.5 Å². The third-order valence-electron chi connectivity index (χ3n) is 3.19. The molecule has 2 heterocycles. The third-order valence-corrected chi connectivity index (χ3v) is 3.19. The van der Waals surface area contributed by atoms with Gasteiger partial charge >= 0.3 is 0 Å². The lowest BCUT2D eigenvalue weighted by Crippen LogP contribution is -2.08. The van der Waals surface area contributed by atoms with Gasteiger partial charge in [0.2, 0.25) is 5.91 Å². The van der Waals surface area contributed by atoms with Crippen molar-refractivity contribution in [2.24, 2.45) is 0 Å². The number of carbonyl (C=O) groups is 1. The molecule has 1 N–H and O–H groups in total. The van der Waals surface area contributed by atoms with Gasteiger partial charge in [-0.15, -0.1) is 0 Å². The van der Waals surface area contributed by atoms with Crippen molar-refractivity contribution in [3.8, 4) is 0 Å². The van der Waals surface area contributed by atoms with Crippen molar-refractivity contribution in [1.82, 2.24) is 14.8 Å². The van der Waals surface area contributed by atoms with Crippen LogP contribution in [0.4, 0.5) is 5.69 Å². The summed E-state index contributed by atoms with van der Waals surface area (Å²) in [5.41, 5.74) is 2.57. The second-order valence-corrected chi connectivity index (χ2v) is 4.98. The maximum absolute atomic E-state index is 12.0. The molecule has 23 heavy (non-hydrogen) atoms. The van der Waals surface area contributed by atoms with Crippen molar-refractivity contribution < 1.29 is 4.79 Å². The molecule has 0 aliphatic rings. The maximum atomic E-state index is 12.0. The number of nitrogens with zero attached hydrogens (tertiary/aromatic N) is 3. The summed E-state index contributed by atoms with van der Waals surface area (Å²) in [5, 5.41) is 7.03. The van der Waals surface area contributed by atoms with Crippen molar-refractivity contribution in [3.63, 3.8) is 0 Å². The first-order valence-corrected chi connectivity index (χ1v) is 7.26. The number of amides is 1. The second kappa shape index (κ2) is 7.17. The maximum Gasteiger partial charge on any atom is 0.248 e. The number of carbonyl (C=O) groups excluding carboxylic acids is 1. The lowest BCUT2D eigenvalue weighted by Gasteiger charge is -2.06. The van der Waals surface area contributed by atoms with Gasteiger partial charge in [-0.3, -0.25) is 14.5 Å². The molecule has 0 saturated carbocycles. The van der Waals surface area contributed by atoms with Gasteiger partial charge in [-0.25, -0.2) is 0 Å². The van der Waals surface area contributed by atoms with Crippen LogP contribution >= 0.6 is 0 Å². The van der Waals surface area contributed by atoms with E-state index < -0.39 is 0 Å².